The summed E-state index contributed by atoms with van der Waals surface area (Å²) in [5.74, 6) is 0.848. The van der Waals surface area contributed by atoms with Gasteiger partial charge in [-0.05, 0) is 31.9 Å². The highest BCUT2D eigenvalue weighted by Crippen LogP contribution is 2.39. The second-order valence-electron chi connectivity index (χ2n) is 6.43. The smallest absolute Gasteiger partial charge is 0.142 e. The van der Waals surface area contributed by atoms with Crippen LogP contribution in [0.5, 0.6) is 5.75 Å². The van der Waals surface area contributed by atoms with Gasteiger partial charge in [-0.2, -0.15) is 0 Å². The second-order valence-corrected chi connectivity index (χ2v) is 6.43. The van der Waals surface area contributed by atoms with E-state index in [0.29, 0.717) is 6.54 Å². The third-order valence-corrected chi connectivity index (χ3v) is 4.77. The van der Waals surface area contributed by atoms with Gasteiger partial charge in [0.15, 0.2) is 0 Å². The monoisotopic (exact) mass is 290 g/mol. The van der Waals surface area contributed by atoms with Gasteiger partial charge in [0, 0.05) is 25.1 Å². The average molecular weight is 290 g/mol. The van der Waals surface area contributed by atoms with E-state index >= 15 is 0 Å². The van der Waals surface area contributed by atoms with Crippen LogP contribution in [0, 0.1) is 6.92 Å². The largest absolute Gasteiger partial charge is 0.488 e. The maximum absolute atomic E-state index is 6.24. The molecule has 2 N–H and O–H groups in total. The van der Waals surface area contributed by atoms with Crippen LogP contribution >= 0.6 is 0 Å². The van der Waals surface area contributed by atoms with Gasteiger partial charge in [-0.3, -0.25) is 4.98 Å². The molecule has 1 spiro atoms. The third-order valence-electron chi connectivity index (χ3n) is 4.77. The number of nitrogens with two attached hydrogens (primary N) is 1. The second kappa shape index (κ2) is 6.32. The van der Waals surface area contributed by atoms with Gasteiger partial charge in [0.25, 0.3) is 0 Å². The highest BCUT2D eigenvalue weighted by Gasteiger charge is 2.39. The summed E-state index contributed by atoms with van der Waals surface area (Å²) in [6.45, 7) is 3.21. The van der Waals surface area contributed by atoms with Crippen molar-refractivity contribution in [3.05, 3.63) is 23.5 Å². The van der Waals surface area contributed by atoms with Gasteiger partial charge in [-0.25, -0.2) is 0 Å². The van der Waals surface area contributed by atoms with Gasteiger partial charge < -0.3 is 15.2 Å². The molecule has 0 aromatic carbocycles. The van der Waals surface area contributed by atoms with Crippen molar-refractivity contribution < 1.29 is 9.47 Å². The molecule has 1 aliphatic heterocycles. The highest BCUT2D eigenvalue weighted by molar-refractivity contribution is 5.29. The summed E-state index contributed by atoms with van der Waals surface area (Å²) in [7, 11) is 0. The van der Waals surface area contributed by atoms with Crippen molar-refractivity contribution in [2.75, 3.05) is 6.61 Å². The van der Waals surface area contributed by atoms with E-state index in [1.807, 2.05) is 19.1 Å². The summed E-state index contributed by atoms with van der Waals surface area (Å²) in [5, 5.41) is 0. The molecule has 1 saturated carbocycles. The predicted molar refractivity (Wildman–Crippen MR) is 82.3 cm³/mol. The molecule has 1 saturated heterocycles. The molecule has 2 heterocycles. The first-order valence-electron chi connectivity index (χ1n) is 8.18. The van der Waals surface area contributed by atoms with Crippen molar-refractivity contribution in [3.8, 4) is 5.75 Å². The van der Waals surface area contributed by atoms with Gasteiger partial charge in [-0.15, -0.1) is 0 Å². The third kappa shape index (κ3) is 3.38. The van der Waals surface area contributed by atoms with Crippen LogP contribution in [-0.2, 0) is 11.3 Å². The van der Waals surface area contributed by atoms with E-state index in [9.17, 15) is 0 Å². The minimum absolute atomic E-state index is 0.0716. The summed E-state index contributed by atoms with van der Waals surface area (Å²) in [5.41, 5.74) is 7.71. The fraction of sp³-hybridized carbons (Fsp3) is 0.706. The number of pyridine rings is 1. The maximum Gasteiger partial charge on any atom is 0.142 e. The molecule has 3 rings (SSSR count). The maximum atomic E-state index is 6.24. The number of hydrogen-bond acceptors (Lipinski definition) is 4. The lowest BCUT2D eigenvalue weighted by Gasteiger charge is -2.43. The molecule has 1 aromatic rings. The summed E-state index contributed by atoms with van der Waals surface area (Å²) in [6, 6.07) is 4.00. The topological polar surface area (TPSA) is 57.4 Å². The van der Waals surface area contributed by atoms with E-state index in [-0.39, 0.29) is 11.7 Å². The van der Waals surface area contributed by atoms with Crippen molar-refractivity contribution in [1.29, 1.82) is 0 Å². The number of aryl methyl sites for hydroxylation is 1. The zero-order chi connectivity index (χ0) is 14.7. The van der Waals surface area contributed by atoms with Crippen LogP contribution in [0.4, 0.5) is 0 Å². The van der Waals surface area contributed by atoms with Gasteiger partial charge in [0.2, 0.25) is 0 Å². The summed E-state index contributed by atoms with van der Waals surface area (Å²) >= 11 is 0. The average Bonchev–Trinajstić information content (AvgIpc) is 2.50. The van der Waals surface area contributed by atoms with Gasteiger partial charge in [0.1, 0.15) is 11.9 Å². The minimum Gasteiger partial charge on any atom is -0.488 e. The van der Waals surface area contributed by atoms with Gasteiger partial charge >= 0.3 is 0 Å². The highest BCUT2D eigenvalue weighted by atomic mass is 16.5. The molecule has 1 aromatic heterocycles. The fourth-order valence-electron chi connectivity index (χ4n) is 3.66. The van der Waals surface area contributed by atoms with Crippen LogP contribution in [-0.4, -0.2) is 23.3 Å². The summed E-state index contributed by atoms with van der Waals surface area (Å²) in [4.78, 5) is 4.48. The van der Waals surface area contributed by atoms with Crippen molar-refractivity contribution >= 4 is 0 Å². The molecule has 0 amide bonds. The standard InChI is InChI=1S/C17H26N2O2/c1-13-5-6-16(15(12-18)19-13)21-14-7-10-20-17(11-14)8-3-2-4-9-17/h5-6,14H,2-4,7-12,18H2,1H3. The van der Waals surface area contributed by atoms with E-state index in [0.717, 1.165) is 36.6 Å². The van der Waals surface area contributed by atoms with E-state index in [2.05, 4.69) is 4.98 Å². The van der Waals surface area contributed by atoms with Crippen LogP contribution < -0.4 is 10.5 Å². The molecule has 0 bridgehead atoms. The zero-order valence-electron chi connectivity index (χ0n) is 12.9. The Balaban J connectivity index is 1.70. The Kier molecular flexibility index (Phi) is 4.45. The summed E-state index contributed by atoms with van der Waals surface area (Å²) < 4.78 is 12.4. The Morgan fingerprint density at radius 3 is 2.90 bits per heavy atom. The number of hydrogen-bond donors (Lipinski definition) is 1. The van der Waals surface area contributed by atoms with Crippen LogP contribution in [0.3, 0.4) is 0 Å². The first kappa shape index (κ1) is 14.8. The first-order valence-corrected chi connectivity index (χ1v) is 8.18. The normalized spacial score (nSPS) is 25.0. The molecule has 1 atom stereocenters. The van der Waals surface area contributed by atoms with E-state index in [1.165, 1.54) is 32.1 Å². The van der Waals surface area contributed by atoms with Crippen molar-refractivity contribution in [1.82, 2.24) is 4.98 Å². The Labute approximate surface area is 127 Å². The Morgan fingerprint density at radius 1 is 1.33 bits per heavy atom. The molecule has 116 valence electrons. The fourth-order valence-corrected chi connectivity index (χ4v) is 3.66. The SMILES string of the molecule is Cc1ccc(OC2CCOC3(CCCCC3)C2)c(CN)n1. The molecule has 2 fully saturated rings. The molecular formula is C17H26N2O2. The molecule has 1 aliphatic carbocycles. The van der Waals surface area contributed by atoms with Gasteiger partial charge in [0.05, 0.1) is 17.9 Å². The first-order chi connectivity index (χ1) is 10.2. The number of ether oxygens (including phenoxy) is 2. The minimum atomic E-state index is 0.0716. The quantitative estimate of drug-likeness (QED) is 0.929. The molecule has 1 unspecified atom stereocenters. The lowest BCUT2D eigenvalue weighted by atomic mass is 9.79. The number of aromatic nitrogens is 1. The Bertz CT molecular complexity index is 478. The molecule has 21 heavy (non-hydrogen) atoms. The van der Waals surface area contributed by atoms with Crippen LogP contribution in [0.1, 0.15) is 56.3 Å². The van der Waals surface area contributed by atoms with Crippen LogP contribution in [0.15, 0.2) is 12.1 Å². The zero-order valence-corrected chi connectivity index (χ0v) is 12.9. The van der Waals surface area contributed by atoms with Crippen molar-refractivity contribution in [2.24, 2.45) is 5.73 Å². The lowest BCUT2D eigenvalue weighted by molar-refractivity contribution is -0.129. The summed E-state index contributed by atoms with van der Waals surface area (Å²) in [6.07, 6.45) is 8.47. The molecule has 2 aliphatic rings. The van der Waals surface area contributed by atoms with E-state index in [4.69, 9.17) is 15.2 Å². The number of nitrogens with zero attached hydrogens (tertiary/aromatic N) is 1. The van der Waals surface area contributed by atoms with E-state index < -0.39 is 0 Å². The predicted octanol–water partition coefficient (Wildman–Crippen LogP) is 3.11. The van der Waals surface area contributed by atoms with Crippen LogP contribution in [0.2, 0.25) is 0 Å². The van der Waals surface area contributed by atoms with Crippen molar-refractivity contribution in [3.63, 3.8) is 0 Å². The van der Waals surface area contributed by atoms with E-state index in [1.54, 1.807) is 0 Å². The Morgan fingerprint density at radius 2 is 2.14 bits per heavy atom. The molecule has 0 radical (unpaired) electrons. The van der Waals surface area contributed by atoms with Crippen LogP contribution in [0.25, 0.3) is 0 Å². The molecule has 4 heteroatoms. The van der Waals surface area contributed by atoms with Crippen molar-refractivity contribution in [2.45, 2.75) is 70.1 Å². The van der Waals surface area contributed by atoms with Gasteiger partial charge in [-0.1, -0.05) is 19.3 Å². The molecular weight excluding hydrogens is 264 g/mol. The molecule has 4 nitrogen and oxygen atoms in total. The number of rotatable bonds is 3. The lowest BCUT2D eigenvalue weighted by Crippen LogP contribution is -2.45. The Hall–Kier alpha value is -1.13.